The number of allylic oxidation sites excluding steroid dienone is 2. The molecule has 0 aliphatic carbocycles. The minimum Gasteiger partial charge on any atom is -0.294 e. The molecule has 0 aliphatic rings. The van der Waals surface area contributed by atoms with Crippen LogP contribution in [0.4, 0.5) is 0 Å². The highest BCUT2D eigenvalue weighted by atomic mass is 16.1. The van der Waals surface area contributed by atoms with Gasteiger partial charge in [-0.05, 0) is 38.0 Å². The lowest BCUT2D eigenvalue weighted by Crippen LogP contribution is -1.98. The summed E-state index contributed by atoms with van der Waals surface area (Å²) in [5.74, 6) is 0.0706. The van der Waals surface area contributed by atoms with Gasteiger partial charge in [-0.1, -0.05) is 36.4 Å². The normalized spacial score (nSPS) is 9.80. The van der Waals surface area contributed by atoms with Crippen molar-refractivity contribution in [2.45, 2.75) is 20.8 Å². The van der Waals surface area contributed by atoms with Gasteiger partial charge in [-0.2, -0.15) is 0 Å². The Bertz CT molecular complexity index is 439. The summed E-state index contributed by atoms with van der Waals surface area (Å²) in [5, 5.41) is 0. The number of benzene rings is 1. The van der Waals surface area contributed by atoms with E-state index < -0.39 is 0 Å². The van der Waals surface area contributed by atoms with Gasteiger partial charge in [0, 0.05) is 5.56 Å². The van der Waals surface area contributed by atoms with E-state index >= 15 is 0 Å². The highest BCUT2D eigenvalue weighted by Gasteiger charge is 2.08. The molecule has 1 aromatic rings. The maximum Gasteiger partial charge on any atom is 0.160 e. The van der Waals surface area contributed by atoms with E-state index in [1.807, 2.05) is 32.0 Å². The first-order valence-electron chi connectivity index (χ1n) is 4.90. The van der Waals surface area contributed by atoms with Crippen molar-refractivity contribution in [1.82, 2.24) is 0 Å². The van der Waals surface area contributed by atoms with Gasteiger partial charge in [0.15, 0.2) is 5.78 Å². The lowest BCUT2D eigenvalue weighted by molar-refractivity contribution is 0.101. The summed E-state index contributed by atoms with van der Waals surface area (Å²) in [6.07, 6.45) is 0. The second-order valence-corrected chi connectivity index (χ2v) is 3.88. The van der Waals surface area contributed by atoms with Crippen LogP contribution in [0.15, 0.2) is 31.4 Å². The quantitative estimate of drug-likeness (QED) is 0.675. The molecule has 78 valence electrons. The number of ketones is 1. The van der Waals surface area contributed by atoms with E-state index in [-0.39, 0.29) is 5.78 Å². The van der Waals surface area contributed by atoms with Crippen LogP contribution in [-0.2, 0) is 0 Å². The van der Waals surface area contributed by atoms with E-state index in [0.29, 0.717) is 0 Å². The summed E-state index contributed by atoms with van der Waals surface area (Å²) in [6, 6.07) is 5.74. The highest BCUT2D eigenvalue weighted by molar-refractivity contribution is 5.99. The van der Waals surface area contributed by atoms with Gasteiger partial charge in [0.1, 0.15) is 0 Å². The first-order chi connectivity index (χ1) is 6.93. The van der Waals surface area contributed by atoms with Crippen LogP contribution in [0, 0.1) is 0 Å². The Morgan fingerprint density at radius 2 is 1.60 bits per heavy atom. The van der Waals surface area contributed by atoms with E-state index in [9.17, 15) is 4.79 Å². The first-order valence-corrected chi connectivity index (χ1v) is 4.90. The molecule has 0 heterocycles. The fourth-order valence-corrected chi connectivity index (χ4v) is 1.47. The van der Waals surface area contributed by atoms with Gasteiger partial charge in [-0.25, -0.2) is 0 Å². The summed E-state index contributed by atoms with van der Waals surface area (Å²) < 4.78 is 0. The van der Waals surface area contributed by atoms with Gasteiger partial charge >= 0.3 is 0 Å². The van der Waals surface area contributed by atoms with Crippen LogP contribution < -0.4 is 0 Å². The minimum atomic E-state index is 0.0706. The highest BCUT2D eigenvalue weighted by Crippen LogP contribution is 2.22. The van der Waals surface area contributed by atoms with Crippen molar-refractivity contribution in [3.8, 4) is 0 Å². The number of carbonyl (C=O) groups excluding carboxylic acids is 1. The molecule has 0 unspecified atom stereocenters. The maximum atomic E-state index is 11.4. The first kappa shape index (κ1) is 11.4. The standard InChI is InChI=1S/C14H16O/c1-9(2)12-6-7-13(11(5)15)14(8-12)10(3)4/h6-8H,1,3H2,2,4-5H3. The fourth-order valence-electron chi connectivity index (χ4n) is 1.47. The molecule has 1 rings (SSSR count). The van der Waals surface area contributed by atoms with Crippen molar-refractivity contribution >= 4 is 16.9 Å². The molecular weight excluding hydrogens is 184 g/mol. The lowest BCUT2D eigenvalue weighted by Gasteiger charge is -2.09. The van der Waals surface area contributed by atoms with Crippen molar-refractivity contribution in [2.24, 2.45) is 0 Å². The monoisotopic (exact) mass is 200 g/mol. The number of hydrogen-bond acceptors (Lipinski definition) is 1. The van der Waals surface area contributed by atoms with Crippen LogP contribution >= 0.6 is 0 Å². The van der Waals surface area contributed by atoms with E-state index in [1.54, 1.807) is 6.92 Å². The molecule has 1 heteroatoms. The molecule has 0 fully saturated rings. The third-order valence-electron chi connectivity index (χ3n) is 2.35. The Morgan fingerprint density at radius 3 is 2.00 bits per heavy atom. The lowest BCUT2D eigenvalue weighted by atomic mass is 9.95. The van der Waals surface area contributed by atoms with Gasteiger partial charge < -0.3 is 0 Å². The van der Waals surface area contributed by atoms with E-state index in [2.05, 4.69) is 13.2 Å². The number of carbonyl (C=O) groups is 1. The van der Waals surface area contributed by atoms with Gasteiger partial charge in [-0.15, -0.1) is 0 Å². The van der Waals surface area contributed by atoms with E-state index in [4.69, 9.17) is 0 Å². The largest absolute Gasteiger partial charge is 0.294 e. The topological polar surface area (TPSA) is 17.1 Å². The van der Waals surface area contributed by atoms with E-state index in [1.165, 1.54) is 0 Å². The fraction of sp³-hybridized carbons (Fsp3) is 0.214. The van der Waals surface area contributed by atoms with Crippen LogP contribution in [0.3, 0.4) is 0 Å². The molecule has 0 saturated heterocycles. The van der Waals surface area contributed by atoms with Gasteiger partial charge in [-0.3, -0.25) is 4.79 Å². The zero-order valence-electron chi connectivity index (χ0n) is 9.55. The molecule has 0 bridgehead atoms. The molecule has 0 aromatic heterocycles. The Kier molecular flexibility index (Phi) is 3.25. The number of rotatable bonds is 3. The summed E-state index contributed by atoms with van der Waals surface area (Å²) in [6.45, 7) is 13.2. The SMILES string of the molecule is C=C(C)c1ccc(C(C)=O)c(C(=C)C)c1. The van der Waals surface area contributed by atoms with Crippen LogP contribution in [-0.4, -0.2) is 5.78 Å². The van der Waals surface area contributed by atoms with Crippen molar-refractivity contribution in [3.05, 3.63) is 48.0 Å². The average molecular weight is 200 g/mol. The zero-order valence-corrected chi connectivity index (χ0v) is 9.55. The predicted octanol–water partition coefficient (Wildman–Crippen LogP) is 3.96. The Morgan fingerprint density at radius 1 is 1.00 bits per heavy atom. The second kappa shape index (κ2) is 4.26. The smallest absolute Gasteiger partial charge is 0.160 e. The Hall–Kier alpha value is -1.63. The number of hydrogen-bond donors (Lipinski definition) is 0. The average Bonchev–Trinajstić information content (AvgIpc) is 2.16. The maximum absolute atomic E-state index is 11.4. The second-order valence-electron chi connectivity index (χ2n) is 3.88. The van der Waals surface area contributed by atoms with Crippen LogP contribution in [0.1, 0.15) is 42.3 Å². The predicted molar refractivity (Wildman–Crippen MR) is 65.9 cm³/mol. The summed E-state index contributed by atoms with van der Waals surface area (Å²) >= 11 is 0. The third kappa shape index (κ3) is 2.44. The van der Waals surface area contributed by atoms with Crippen molar-refractivity contribution < 1.29 is 4.79 Å². The Labute approximate surface area is 91.1 Å². The molecule has 0 radical (unpaired) electrons. The van der Waals surface area contributed by atoms with Crippen molar-refractivity contribution in [1.29, 1.82) is 0 Å². The molecule has 1 nitrogen and oxygen atoms in total. The molecular formula is C14H16O. The summed E-state index contributed by atoms with van der Waals surface area (Å²) in [5.41, 5.74) is 4.60. The van der Waals surface area contributed by atoms with Gasteiger partial charge in [0.2, 0.25) is 0 Å². The Balaban J connectivity index is 3.40. The van der Waals surface area contributed by atoms with Gasteiger partial charge in [0.05, 0.1) is 0 Å². The molecule has 0 aliphatic heterocycles. The number of Topliss-reactive ketones (excluding diaryl/α,β-unsaturated/α-hetero) is 1. The summed E-state index contributed by atoms with van der Waals surface area (Å²) in [4.78, 5) is 11.4. The zero-order chi connectivity index (χ0) is 11.6. The van der Waals surface area contributed by atoms with E-state index in [0.717, 1.165) is 27.8 Å². The van der Waals surface area contributed by atoms with Crippen LogP contribution in [0.25, 0.3) is 11.1 Å². The van der Waals surface area contributed by atoms with Crippen molar-refractivity contribution in [2.75, 3.05) is 0 Å². The summed E-state index contributed by atoms with van der Waals surface area (Å²) in [7, 11) is 0. The van der Waals surface area contributed by atoms with Gasteiger partial charge in [0.25, 0.3) is 0 Å². The van der Waals surface area contributed by atoms with Crippen LogP contribution in [0.5, 0.6) is 0 Å². The molecule has 0 spiro atoms. The molecule has 0 saturated carbocycles. The molecule has 1 aromatic carbocycles. The minimum absolute atomic E-state index is 0.0706. The molecule has 0 amide bonds. The van der Waals surface area contributed by atoms with Crippen LogP contribution in [0.2, 0.25) is 0 Å². The molecule has 15 heavy (non-hydrogen) atoms. The third-order valence-corrected chi connectivity index (χ3v) is 2.35. The molecule has 0 atom stereocenters. The molecule has 0 N–H and O–H groups in total. The van der Waals surface area contributed by atoms with Crippen molar-refractivity contribution in [3.63, 3.8) is 0 Å².